The highest BCUT2D eigenvalue weighted by Gasteiger charge is 2.24. The molecule has 31 heavy (non-hydrogen) atoms. The quantitative estimate of drug-likeness (QED) is 0.602. The summed E-state index contributed by atoms with van der Waals surface area (Å²) >= 11 is 0. The maximum atomic E-state index is 13.0. The van der Waals surface area contributed by atoms with E-state index in [-0.39, 0.29) is 30.0 Å². The van der Waals surface area contributed by atoms with Crippen LogP contribution in [0.1, 0.15) is 30.0 Å². The van der Waals surface area contributed by atoms with Crippen molar-refractivity contribution in [3.63, 3.8) is 0 Å². The normalized spacial score (nSPS) is 10.6. The molecule has 3 rings (SSSR count). The van der Waals surface area contributed by atoms with Gasteiger partial charge in [0.1, 0.15) is 17.9 Å². The maximum Gasteiger partial charge on any atom is 0.290 e. The minimum Gasteiger partial charge on any atom is -0.497 e. The lowest BCUT2D eigenvalue weighted by Crippen LogP contribution is -2.38. The first-order valence-corrected chi connectivity index (χ1v) is 9.86. The lowest BCUT2D eigenvalue weighted by molar-refractivity contribution is -0.117. The number of carbonyl (C=O) groups excluding carboxylic acids is 3. The average molecular weight is 423 g/mol. The number of benzene rings is 2. The predicted octanol–water partition coefficient (Wildman–Crippen LogP) is 3.81. The van der Waals surface area contributed by atoms with Crippen LogP contribution < -0.4 is 15.4 Å². The highest BCUT2D eigenvalue weighted by Crippen LogP contribution is 2.29. The van der Waals surface area contributed by atoms with Crippen LogP contribution in [0.5, 0.6) is 5.75 Å². The number of nitrogens with one attached hydrogen (secondary N) is 2. The van der Waals surface area contributed by atoms with Gasteiger partial charge in [-0.2, -0.15) is 0 Å². The van der Waals surface area contributed by atoms with Crippen molar-refractivity contribution in [2.45, 2.75) is 20.8 Å². The molecule has 0 aliphatic rings. The smallest absolute Gasteiger partial charge is 0.290 e. The molecule has 0 saturated heterocycles. The second kappa shape index (κ2) is 9.34. The number of methoxy groups -OCH3 is 1. The van der Waals surface area contributed by atoms with Gasteiger partial charge in [0.15, 0.2) is 5.76 Å². The summed E-state index contributed by atoms with van der Waals surface area (Å²) in [5.74, 6) is 0.0154. The van der Waals surface area contributed by atoms with E-state index in [1.54, 1.807) is 50.4 Å². The minimum atomic E-state index is -0.355. The van der Waals surface area contributed by atoms with Crippen LogP contribution in [-0.2, 0) is 9.59 Å². The molecule has 162 valence electrons. The Balaban J connectivity index is 1.71. The molecule has 0 saturated carbocycles. The molecule has 0 unspecified atom stereocenters. The van der Waals surface area contributed by atoms with E-state index in [0.717, 1.165) is 5.39 Å². The Hall–Kier alpha value is -3.81. The zero-order chi connectivity index (χ0) is 22.5. The first-order valence-electron chi connectivity index (χ1n) is 9.86. The number of hydrogen-bond donors (Lipinski definition) is 2. The molecule has 2 aromatic carbocycles. The molecule has 0 atom stereocenters. The van der Waals surface area contributed by atoms with Crippen LogP contribution in [0.3, 0.4) is 0 Å². The number of nitrogens with zero attached hydrogens (tertiary/aromatic N) is 1. The fraction of sp³-hybridized carbons (Fsp3) is 0.261. The number of anilines is 2. The van der Waals surface area contributed by atoms with E-state index in [9.17, 15) is 14.4 Å². The predicted molar refractivity (Wildman–Crippen MR) is 118 cm³/mol. The van der Waals surface area contributed by atoms with Crippen LogP contribution in [-0.4, -0.2) is 42.8 Å². The molecule has 0 aliphatic heterocycles. The van der Waals surface area contributed by atoms with Gasteiger partial charge in [-0.1, -0.05) is 0 Å². The van der Waals surface area contributed by atoms with E-state index in [2.05, 4.69) is 10.6 Å². The van der Waals surface area contributed by atoms with Gasteiger partial charge in [0, 0.05) is 35.8 Å². The Morgan fingerprint density at radius 2 is 1.68 bits per heavy atom. The number of hydrogen-bond acceptors (Lipinski definition) is 5. The molecule has 0 spiro atoms. The Kier molecular flexibility index (Phi) is 6.59. The zero-order valence-electron chi connectivity index (χ0n) is 17.9. The first-order chi connectivity index (χ1) is 14.8. The van der Waals surface area contributed by atoms with E-state index in [1.807, 2.05) is 13.0 Å². The van der Waals surface area contributed by atoms with E-state index in [0.29, 0.717) is 34.8 Å². The summed E-state index contributed by atoms with van der Waals surface area (Å²) in [5.41, 5.74) is 2.48. The molecule has 1 aromatic heterocycles. The number of fused-ring (bicyclic) bond motifs is 1. The molecule has 0 fully saturated rings. The van der Waals surface area contributed by atoms with Crippen molar-refractivity contribution in [1.29, 1.82) is 0 Å². The largest absolute Gasteiger partial charge is 0.497 e. The van der Waals surface area contributed by atoms with Gasteiger partial charge >= 0.3 is 0 Å². The molecule has 2 N–H and O–H groups in total. The molecule has 0 aliphatic carbocycles. The highest BCUT2D eigenvalue weighted by molar-refractivity contribution is 6.02. The molecule has 8 nitrogen and oxygen atoms in total. The van der Waals surface area contributed by atoms with E-state index in [1.165, 1.54) is 11.8 Å². The molecular formula is C23H25N3O5. The van der Waals surface area contributed by atoms with E-state index in [4.69, 9.17) is 9.15 Å². The van der Waals surface area contributed by atoms with Crippen molar-refractivity contribution < 1.29 is 23.5 Å². The van der Waals surface area contributed by atoms with Crippen molar-refractivity contribution in [3.05, 3.63) is 53.8 Å². The van der Waals surface area contributed by atoms with E-state index < -0.39 is 0 Å². The fourth-order valence-electron chi connectivity index (χ4n) is 3.22. The topological polar surface area (TPSA) is 101 Å². The minimum absolute atomic E-state index is 0.122. The Morgan fingerprint density at radius 1 is 1.03 bits per heavy atom. The summed E-state index contributed by atoms with van der Waals surface area (Å²) in [6.45, 7) is 5.25. The van der Waals surface area contributed by atoms with Gasteiger partial charge in [0.2, 0.25) is 11.8 Å². The van der Waals surface area contributed by atoms with Crippen LogP contribution in [0.4, 0.5) is 11.4 Å². The molecule has 3 amide bonds. The van der Waals surface area contributed by atoms with Gasteiger partial charge in [-0.05, 0) is 56.3 Å². The second-order valence-electron chi connectivity index (χ2n) is 7.04. The summed E-state index contributed by atoms with van der Waals surface area (Å²) in [6.07, 6.45) is 0. The number of amides is 3. The van der Waals surface area contributed by atoms with Crippen molar-refractivity contribution in [2.24, 2.45) is 0 Å². The van der Waals surface area contributed by atoms with Crippen molar-refractivity contribution in [2.75, 3.05) is 30.8 Å². The van der Waals surface area contributed by atoms with Crippen molar-refractivity contribution >= 4 is 40.1 Å². The third-order valence-corrected chi connectivity index (χ3v) is 4.83. The Bertz CT molecular complexity index is 1120. The summed E-state index contributed by atoms with van der Waals surface area (Å²) in [6, 6.07) is 12.1. The van der Waals surface area contributed by atoms with Crippen molar-refractivity contribution in [1.82, 2.24) is 4.90 Å². The lowest BCUT2D eigenvalue weighted by Gasteiger charge is -2.19. The highest BCUT2D eigenvalue weighted by atomic mass is 16.5. The number of rotatable bonds is 7. The summed E-state index contributed by atoms with van der Waals surface area (Å²) in [5, 5.41) is 6.21. The third kappa shape index (κ3) is 5.03. The van der Waals surface area contributed by atoms with Crippen LogP contribution in [0.2, 0.25) is 0 Å². The summed E-state index contributed by atoms with van der Waals surface area (Å²) in [4.78, 5) is 38.0. The van der Waals surface area contributed by atoms with Gasteiger partial charge in [0.25, 0.3) is 5.91 Å². The van der Waals surface area contributed by atoms with Crippen LogP contribution in [0.15, 0.2) is 46.9 Å². The van der Waals surface area contributed by atoms with Crippen LogP contribution in [0, 0.1) is 6.92 Å². The molecule has 8 heteroatoms. The fourth-order valence-corrected chi connectivity index (χ4v) is 3.22. The van der Waals surface area contributed by atoms with Crippen LogP contribution in [0.25, 0.3) is 11.0 Å². The first kappa shape index (κ1) is 21.9. The average Bonchev–Trinajstić information content (AvgIpc) is 3.08. The molecule has 0 radical (unpaired) electrons. The van der Waals surface area contributed by atoms with Crippen LogP contribution >= 0.6 is 0 Å². The number of ether oxygens (including phenoxy) is 1. The van der Waals surface area contributed by atoms with Gasteiger partial charge < -0.3 is 24.7 Å². The number of furan rings is 1. The Morgan fingerprint density at radius 3 is 2.26 bits per heavy atom. The summed E-state index contributed by atoms with van der Waals surface area (Å²) < 4.78 is 11.0. The van der Waals surface area contributed by atoms with E-state index >= 15 is 0 Å². The maximum absolute atomic E-state index is 13.0. The molecule has 3 aromatic rings. The van der Waals surface area contributed by atoms with Gasteiger partial charge in [-0.3, -0.25) is 14.4 Å². The van der Waals surface area contributed by atoms with Gasteiger partial charge in [0.05, 0.1) is 7.11 Å². The number of carbonyl (C=O) groups is 3. The Labute approximate surface area is 180 Å². The lowest BCUT2D eigenvalue weighted by atomic mass is 10.1. The number of aryl methyl sites for hydroxylation is 1. The number of likely N-dealkylation sites (N-methyl/N-ethyl adjacent to an activating group) is 1. The summed E-state index contributed by atoms with van der Waals surface area (Å²) in [7, 11) is 1.58. The molecule has 0 bridgehead atoms. The van der Waals surface area contributed by atoms with Gasteiger partial charge in [-0.15, -0.1) is 0 Å². The van der Waals surface area contributed by atoms with Crippen molar-refractivity contribution in [3.8, 4) is 5.75 Å². The second-order valence-corrected chi connectivity index (χ2v) is 7.04. The monoisotopic (exact) mass is 423 g/mol. The third-order valence-electron chi connectivity index (χ3n) is 4.83. The van der Waals surface area contributed by atoms with Gasteiger partial charge in [-0.25, -0.2) is 0 Å². The zero-order valence-corrected chi connectivity index (χ0v) is 17.9. The molecule has 1 heterocycles. The standard InChI is InChI=1S/C23H25N3O5/c1-5-26(13-21(28)25-17-8-6-16(7-9-17)24-15(3)27)23(29)22-14(2)19-12-18(30-4)10-11-20(19)31-22/h6-12H,5,13H2,1-4H3,(H,24,27)(H,25,28). The molecular weight excluding hydrogens is 398 g/mol. The SMILES string of the molecule is CCN(CC(=O)Nc1ccc(NC(C)=O)cc1)C(=O)c1oc2ccc(OC)cc2c1C.